The highest BCUT2D eigenvalue weighted by atomic mass is 32.2. The van der Waals surface area contributed by atoms with E-state index < -0.39 is 86.2 Å². The van der Waals surface area contributed by atoms with Gasteiger partial charge in [-0.3, -0.25) is 24.0 Å². The van der Waals surface area contributed by atoms with Crippen molar-refractivity contribution in [2.45, 2.75) is 107 Å². The van der Waals surface area contributed by atoms with Crippen molar-refractivity contribution in [3.05, 3.63) is 47.3 Å². The van der Waals surface area contributed by atoms with Crippen LogP contribution in [0.25, 0.3) is 0 Å². The zero-order valence-corrected chi connectivity index (χ0v) is 29.7. The fourth-order valence-electron chi connectivity index (χ4n) is 6.77. The van der Waals surface area contributed by atoms with Crippen molar-refractivity contribution in [1.82, 2.24) is 30.5 Å². The Morgan fingerprint density at radius 2 is 1.88 bits per heavy atom. The maximum absolute atomic E-state index is 14.4. The molecule has 2 aliphatic carbocycles. The summed E-state index contributed by atoms with van der Waals surface area (Å²) in [6.07, 6.45) is 3.19. The Morgan fingerprint density at radius 3 is 2.59 bits per heavy atom. The van der Waals surface area contributed by atoms with E-state index in [1.807, 2.05) is 6.08 Å². The highest BCUT2D eigenvalue weighted by Crippen LogP contribution is 2.46. The van der Waals surface area contributed by atoms with Crippen molar-refractivity contribution in [1.29, 1.82) is 0 Å². The van der Waals surface area contributed by atoms with Crippen LogP contribution in [-0.4, -0.2) is 102 Å². The number of sulfonamides is 1. The quantitative estimate of drug-likeness (QED) is 0.323. The van der Waals surface area contributed by atoms with E-state index in [-0.39, 0.29) is 39.0 Å². The van der Waals surface area contributed by atoms with E-state index in [0.29, 0.717) is 43.4 Å². The number of hydrogen-bond acceptors (Lipinski definition) is 10. The molecule has 2 saturated carbocycles. The van der Waals surface area contributed by atoms with Crippen LogP contribution in [0.2, 0.25) is 0 Å². The zero-order chi connectivity index (χ0) is 36.7. The second kappa shape index (κ2) is 14.1. The fraction of sp³-hybridized carbons (Fsp3) is 0.618. The van der Waals surface area contributed by atoms with Gasteiger partial charge in [-0.15, -0.1) is 0 Å². The minimum absolute atomic E-state index is 0.00266. The van der Waals surface area contributed by atoms with Crippen LogP contribution in [0.1, 0.15) is 70.4 Å². The van der Waals surface area contributed by atoms with Crippen LogP contribution >= 0.6 is 0 Å². The minimum atomic E-state index is -3.93. The second-order valence-electron chi connectivity index (χ2n) is 14.9. The number of nitrogens with one attached hydrogen (secondary N) is 4. The van der Waals surface area contributed by atoms with Gasteiger partial charge in [-0.05, 0) is 71.0 Å². The number of ether oxygens (including phenoxy) is 2. The molecule has 5 amide bonds. The number of amides is 5. The molecule has 51 heavy (non-hydrogen) atoms. The van der Waals surface area contributed by atoms with E-state index in [0.717, 1.165) is 0 Å². The van der Waals surface area contributed by atoms with E-state index in [4.69, 9.17) is 9.47 Å². The topological polar surface area (TPSA) is 193 Å². The van der Waals surface area contributed by atoms with Crippen molar-refractivity contribution in [2.75, 3.05) is 19.6 Å². The van der Waals surface area contributed by atoms with Crippen molar-refractivity contribution in [3.8, 4) is 0 Å². The first kappa shape index (κ1) is 36.5. The van der Waals surface area contributed by atoms with E-state index in [2.05, 4.69) is 20.7 Å². The van der Waals surface area contributed by atoms with Gasteiger partial charge in [-0.25, -0.2) is 22.4 Å². The SMILES string of the molecule is CC(C)(C)OC(=O)N[C@H]1CNCCC/C=C\[C@@H]2C[C@@]2(C(=O)NS(=O)(=O)C2CC2)NC(=O)C2C[C@@H](OC(=O)N3Cc4cccc(F)c4C3)CN2C1=O. The Hall–Kier alpha value is -4.25. The van der Waals surface area contributed by atoms with Gasteiger partial charge >= 0.3 is 12.2 Å². The van der Waals surface area contributed by atoms with Crippen molar-refractivity contribution >= 4 is 39.9 Å². The van der Waals surface area contributed by atoms with E-state index >= 15 is 0 Å². The van der Waals surface area contributed by atoms with Crippen molar-refractivity contribution in [2.24, 2.45) is 5.92 Å². The number of carbonyl (C=O) groups is 5. The molecule has 1 aromatic rings. The van der Waals surface area contributed by atoms with Gasteiger partial charge in [0.1, 0.15) is 35.1 Å². The highest BCUT2D eigenvalue weighted by molar-refractivity contribution is 7.91. The number of rotatable bonds is 5. The third-order valence-electron chi connectivity index (χ3n) is 9.69. The molecule has 1 aromatic carbocycles. The number of allylic oxidation sites excluding steroid dienone is 1. The van der Waals surface area contributed by atoms with Crippen LogP contribution in [0.5, 0.6) is 0 Å². The molecule has 1 saturated heterocycles. The molecule has 1 unspecified atom stereocenters. The number of hydrogen-bond donors (Lipinski definition) is 4. The maximum Gasteiger partial charge on any atom is 0.410 e. The van der Waals surface area contributed by atoms with Crippen LogP contribution in [0.3, 0.4) is 0 Å². The van der Waals surface area contributed by atoms with Crippen molar-refractivity contribution < 1.29 is 46.3 Å². The van der Waals surface area contributed by atoms with Gasteiger partial charge in [0.2, 0.25) is 21.8 Å². The molecule has 0 radical (unpaired) electrons. The molecule has 6 rings (SSSR count). The number of carbonyl (C=O) groups excluding carboxylic acids is 5. The van der Waals surface area contributed by atoms with Crippen LogP contribution in [-0.2, 0) is 47.0 Å². The van der Waals surface area contributed by atoms with Crippen LogP contribution in [0.15, 0.2) is 30.4 Å². The van der Waals surface area contributed by atoms with Gasteiger partial charge in [-0.1, -0.05) is 24.3 Å². The molecule has 5 aliphatic rings. The summed E-state index contributed by atoms with van der Waals surface area (Å²) < 4.78 is 53.2. The van der Waals surface area contributed by atoms with Crippen LogP contribution < -0.4 is 20.7 Å². The van der Waals surface area contributed by atoms with Gasteiger partial charge in [-0.2, -0.15) is 0 Å². The largest absolute Gasteiger partial charge is 0.444 e. The first-order valence-electron chi connectivity index (χ1n) is 17.3. The molecule has 3 aliphatic heterocycles. The fourth-order valence-corrected chi connectivity index (χ4v) is 8.13. The lowest BCUT2D eigenvalue weighted by Gasteiger charge is -2.30. The Balaban J connectivity index is 1.25. The first-order valence-corrected chi connectivity index (χ1v) is 18.9. The predicted molar refractivity (Wildman–Crippen MR) is 180 cm³/mol. The standard InChI is InChI=1S/C34H45FN6O9S/c1-33(2,3)50-31(45)37-26-16-36-13-6-4-5-9-21-15-34(21,30(44)39-51(47,48)23-11-12-23)38-28(42)27-14-22(18-41(27)29(26)43)49-32(46)40-17-20-8-7-10-25(35)24(20)19-40/h5,7-10,21-23,26-27,36H,4,6,11-19H2,1-3H3,(H,37,45)(H,38,42)(H,39,44)/b9-5-/t21-,22-,26+,27?,34-/m1/s1. The average molecular weight is 733 g/mol. The lowest BCUT2D eigenvalue weighted by molar-refractivity contribution is -0.141. The molecule has 0 aromatic heterocycles. The van der Waals surface area contributed by atoms with Gasteiger partial charge in [0, 0.05) is 31.0 Å². The molecule has 278 valence electrons. The normalized spacial score (nSPS) is 28.9. The van der Waals surface area contributed by atoms with E-state index in [1.54, 1.807) is 39.0 Å². The Bertz CT molecular complexity index is 1730. The molecular weight excluding hydrogens is 687 g/mol. The molecule has 15 nitrogen and oxygen atoms in total. The third-order valence-corrected chi connectivity index (χ3v) is 11.5. The molecule has 3 fully saturated rings. The van der Waals surface area contributed by atoms with Crippen molar-refractivity contribution in [3.63, 3.8) is 0 Å². The maximum atomic E-state index is 14.4. The second-order valence-corrected chi connectivity index (χ2v) is 16.9. The van der Waals surface area contributed by atoms with Gasteiger partial charge < -0.3 is 30.3 Å². The molecule has 3 heterocycles. The number of halogens is 1. The molecule has 17 heteroatoms. The molecule has 5 atom stereocenters. The third kappa shape index (κ3) is 8.29. The Morgan fingerprint density at radius 1 is 1.12 bits per heavy atom. The average Bonchev–Trinajstić information content (AvgIpc) is 3.93. The first-order chi connectivity index (χ1) is 24.1. The number of alkyl carbamates (subject to hydrolysis) is 1. The monoisotopic (exact) mass is 732 g/mol. The number of benzene rings is 1. The summed E-state index contributed by atoms with van der Waals surface area (Å²) >= 11 is 0. The summed E-state index contributed by atoms with van der Waals surface area (Å²) in [5.74, 6) is -3.19. The lowest BCUT2D eigenvalue weighted by atomic mass is 10.1. The highest BCUT2D eigenvalue weighted by Gasteiger charge is 2.62. The van der Waals surface area contributed by atoms with Gasteiger partial charge in [0.15, 0.2) is 0 Å². The van der Waals surface area contributed by atoms with Crippen LogP contribution in [0.4, 0.5) is 14.0 Å². The Labute approximate surface area is 296 Å². The number of fused-ring (bicyclic) bond motifs is 3. The predicted octanol–water partition coefficient (Wildman–Crippen LogP) is 1.56. The zero-order valence-electron chi connectivity index (χ0n) is 28.9. The molecule has 4 N–H and O–H groups in total. The summed E-state index contributed by atoms with van der Waals surface area (Å²) in [7, 11) is -3.93. The molecule has 0 spiro atoms. The molecular formula is C34H45FN6O9S. The van der Waals surface area contributed by atoms with Gasteiger partial charge in [0.25, 0.3) is 5.91 Å². The number of nitrogens with zero attached hydrogens (tertiary/aromatic N) is 2. The Kier molecular flexibility index (Phi) is 10.1. The summed E-state index contributed by atoms with van der Waals surface area (Å²) in [6.45, 7) is 5.40. The summed E-state index contributed by atoms with van der Waals surface area (Å²) in [4.78, 5) is 70.6. The van der Waals surface area contributed by atoms with Gasteiger partial charge in [0.05, 0.1) is 18.3 Å². The lowest BCUT2D eigenvalue weighted by Crippen LogP contribution is -2.59. The minimum Gasteiger partial charge on any atom is -0.444 e. The summed E-state index contributed by atoms with van der Waals surface area (Å²) in [5.41, 5.74) is -1.41. The summed E-state index contributed by atoms with van der Waals surface area (Å²) in [5, 5.41) is 7.88. The van der Waals surface area contributed by atoms with E-state index in [9.17, 15) is 36.8 Å². The smallest absolute Gasteiger partial charge is 0.410 e. The molecule has 0 bridgehead atoms. The summed E-state index contributed by atoms with van der Waals surface area (Å²) in [6, 6.07) is 2.14. The van der Waals surface area contributed by atoms with E-state index in [1.165, 1.54) is 15.9 Å². The van der Waals surface area contributed by atoms with Crippen LogP contribution in [0, 0.1) is 11.7 Å².